The Morgan fingerprint density at radius 2 is 1.89 bits per heavy atom. The van der Waals surface area contributed by atoms with Crippen molar-refractivity contribution in [3.8, 4) is 0 Å². The summed E-state index contributed by atoms with van der Waals surface area (Å²) < 4.78 is 28.8. The second kappa shape index (κ2) is 11.6. The first kappa shape index (κ1) is 28.7. The lowest BCUT2D eigenvalue weighted by atomic mass is 9.64. The van der Waals surface area contributed by atoms with E-state index < -0.39 is 24.2 Å². The predicted octanol–water partition coefficient (Wildman–Crippen LogP) is 4.15. The van der Waals surface area contributed by atoms with Crippen molar-refractivity contribution in [2.24, 2.45) is 17.8 Å². The quantitative estimate of drug-likeness (QED) is 0.499. The molecule has 3 aliphatic carbocycles. The summed E-state index contributed by atoms with van der Waals surface area (Å²) in [4.78, 5) is 35.2. The SMILES string of the molecule is CC(Cc1c[nH]c2ccccc12)NC1C(F)CC2C(=O)C(C(=O)N3CCOCC3)=CN3C4CC5CCCCC5CC4OC1C23. The predicted molar refractivity (Wildman–Crippen MR) is 165 cm³/mol. The summed E-state index contributed by atoms with van der Waals surface area (Å²) >= 11 is 0. The molecule has 8 rings (SSSR count). The van der Waals surface area contributed by atoms with Gasteiger partial charge in [-0.15, -0.1) is 0 Å². The van der Waals surface area contributed by atoms with Crippen LogP contribution in [0.4, 0.5) is 4.39 Å². The van der Waals surface area contributed by atoms with Crippen LogP contribution in [-0.2, 0) is 25.5 Å². The lowest BCUT2D eigenvalue weighted by molar-refractivity contribution is -0.209. The smallest absolute Gasteiger partial charge is 0.259 e. The number of amides is 1. The molecule has 1 aromatic heterocycles. The maximum atomic E-state index is 16.4. The maximum Gasteiger partial charge on any atom is 0.259 e. The van der Waals surface area contributed by atoms with Gasteiger partial charge in [-0.1, -0.05) is 43.9 Å². The van der Waals surface area contributed by atoms with Crippen LogP contribution >= 0.6 is 0 Å². The molecule has 3 aliphatic heterocycles. The van der Waals surface area contributed by atoms with E-state index in [0.717, 1.165) is 24.8 Å². The zero-order valence-electron chi connectivity index (χ0n) is 25.6. The number of carbonyl (C=O) groups excluding carboxylic acids is 2. The zero-order chi connectivity index (χ0) is 29.9. The molecule has 236 valence electrons. The number of rotatable bonds is 5. The first-order chi connectivity index (χ1) is 21.5. The standard InChI is InChI=1S/C35H45FN4O4/c1-20(14-23-18-37-28-9-5-4-8-24(23)28)38-31-27(36)17-25-32-34(31)44-30-16-22-7-3-2-6-21(22)15-29(30)40(32)19-26(33(25)41)35(42)39-10-12-43-13-11-39/h4-5,8-9,18-22,25,27,29-32,34,37-38H,2-3,6-7,10-17H2,1H3. The Bertz CT molecular complexity index is 1440. The highest BCUT2D eigenvalue weighted by atomic mass is 19.1. The number of halogens is 1. The Morgan fingerprint density at radius 3 is 2.70 bits per heavy atom. The second-order valence-electron chi connectivity index (χ2n) is 14.2. The maximum absolute atomic E-state index is 16.4. The average Bonchev–Trinajstić information content (AvgIpc) is 3.45. The van der Waals surface area contributed by atoms with E-state index in [0.29, 0.717) is 38.1 Å². The third-order valence-corrected chi connectivity index (χ3v) is 11.7. The van der Waals surface area contributed by atoms with Crippen LogP contribution in [0.2, 0.25) is 0 Å². The number of alkyl halides is 1. The highest BCUT2D eigenvalue weighted by Crippen LogP contribution is 2.50. The number of H-pyrrole nitrogens is 1. The van der Waals surface area contributed by atoms with Crippen LogP contribution in [0.25, 0.3) is 10.9 Å². The summed E-state index contributed by atoms with van der Waals surface area (Å²) in [7, 11) is 0. The van der Waals surface area contributed by atoms with Crippen LogP contribution < -0.4 is 5.32 Å². The number of hydrogen-bond donors (Lipinski definition) is 2. The van der Waals surface area contributed by atoms with Crippen molar-refractivity contribution >= 4 is 22.6 Å². The lowest BCUT2D eigenvalue weighted by Crippen LogP contribution is -2.74. The van der Waals surface area contributed by atoms with Gasteiger partial charge in [-0.25, -0.2) is 4.39 Å². The number of Topliss-reactive ketones (excluding diaryl/α,β-unsaturated/α-hetero) is 1. The molecule has 6 aliphatic rings. The molecule has 8 nitrogen and oxygen atoms in total. The van der Waals surface area contributed by atoms with Crippen molar-refractivity contribution < 1.29 is 23.5 Å². The fraction of sp³-hybridized carbons (Fsp3) is 0.657. The summed E-state index contributed by atoms with van der Waals surface area (Å²) in [5.74, 6) is 0.251. The van der Waals surface area contributed by atoms with Crippen molar-refractivity contribution in [1.29, 1.82) is 0 Å². The molecule has 4 heterocycles. The third kappa shape index (κ3) is 4.90. The van der Waals surface area contributed by atoms with Crippen LogP contribution in [-0.4, -0.2) is 95.3 Å². The number of carbonyl (C=O) groups is 2. The van der Waals surface area contributed by atoms with Gasteiger partial charge in [-0.2, -0.15) is 0 Å². The van der Waals surface area contributed by atoms with E-state index in [1.54, 1.807) is 4.90 Å². The summed E-state index contributed by atoms with van der Waals surface area (Å²) in [6.07, 6.45) is 10.1. The largest absolute Gasteiger partial charge is 0.378 e. The minimum absolute atomic E-state index is 0.00570. The van der Waals surface area contributed by atoms with Crippen molar-refractivity contribution in [2.75, 3.05) is 26.3 Å². The number of benzene rings is 1. The van der Waals surface area contributed by atoms with Gasteiger partial charge in [0.05, 0.1) is 49.1 Å². The molecule has 1 aromatic carbocycles. The molecule has 0 bridgehead atoms. The number of nitrogens with one attached hydrogen (secondary N) is 2. The fourth-order valence-electron chi connectivity index (χ4n) is 9.59. The molecule has 9 heteroatoms. The first-order valence-electron chi connectivity index (χ1n) is 17.0. The number of ketones is 1. The molecule has 2 aromatic rings. The van der Waals surface area contributed by atoms with Crippen LogP contribution in [0, 0.1) is 17.8 Å². The third-order valence-electron chi connectivity index (χ3n) is 11.7. The Labute approximate surface area is 258 Å². The van der Waals surface area contributed by atoms with Gasteiger partial charge in [0.25, 0.3) is 5.91 Å². The first-order valence-corrected chi connectivity index (χ1v) is 17.0. The summed E-state index contributed by atoms with van der Waals surface area (Å²) in [6.45, 7) is 4.02. The van der Waals surface area contributed by atoms with Crippen molar-refractivity contribution in [3.63, 3.8) is 0 Å². The number of aromatic amines is 1. The van der Waals surface area contributed by atoms with Crippen LogP contribution in [0.3, 0.4) is 0 Å². The molecule has 1 amide bonds. The second-order valence-corrected chi connectivity index (χ2v) is 14.2. The Hall–Kier alpha value is -2.75. The van der Waals surface area contributed by atoms with Crippen molar-refractivity contribution in [1.82, 2.24) is 20.1 Å². The van der Waals surface area contributed by atoms with Crippen LogP contribution in [0.5, 0.6) is 0 Å². The molecule has 2 saturated heterocycles. The van der Waals surface area contributed by atoms with Gasteiger partial charge >= 0.3 is 0 Å². The van der Waals surface area contributed by atoms with Crippen LogP contribution in [0.1, 0.15) is 57.4 Å². The van der Waals surface area contributed by atoms with E-state index in [4.69, 9.17) is 9.47 Å². The molecular weight excluding hydrogens is 559 g/mol. The van der Waals surface area contributed by atoms with Gasteiger partial charge in [-0.05, 0) is 56.1 Å². The highest BCUT2D eigenvalue weighted by molar-refractivity contribution is 6.20. The minimum atomic E-state index is -1.25. The van der Waals surface area contributed by atoms with E-state index in [-0.39, 0.29) is 47.9 Å². The number of aromatic nitrogens is 1. The highest BCUT2D eigenvalue weighted by Gasteiger charge is 2.60. The van der Waals surface area contributed by atoms with E-state index in [9.17, 15) is 9.59 Å². The lowest BCUT2D eigenvalue weighted by Gasteiger charge is -2.61. The normalized spacial score (nSPS) is 37.5. The molecular formula is C35H45FN4O4. The Kier molecular flexibility index (Phi) is 7.54. The molecule has 3 saturated carbocycles. The molecule has 10 atom stereocenters. The van der Waals surface area contributed by atoms with Crippen molar-refractivity contribution in [2.45, 2.75) is 101 Å². The van der Waals surface area contributed by atoms with Gasteiger partial charge in [-0.3, -0.25) is 9.59 Å². The van der Waals surface area contributed by atoms with E-state index in [2.05, 4.69) is 40.5 Å². The number of nitrogens with zero attached hydrogens (tertiary/aromatic N) is 2. The molecule has 2 N–H and O–H groups in total. The fourth-order valence-corrected chi connectivity index (χ4v) is 9.59. The number of fused-ring (bicyclic) bond motifs is 4. The molecule has 0 spiro atoms. The van der Waals surface area contributed by atoms with E-state index in [1.165, 1.54) is 36.6 Å². The molecule has 5 fully saturated rings. The molecule has 0 radical (unpaired) electrons. The number of morpholine rings is 2. The Balaban J connectivity index is 1.10. The number of hydrogen-bond acceptors (Lipinski definition) is 6. The number of ether oxygens (including phenoxy) is 2. The zero-order valence-corrected chi connectivity index (χ0v) is 25.6. The summed E-state index contributed by atoms with van der Waals surface area (Å²) in [5.41, 5.74) is 2.53. The monoisotopic (exact) mass is 604 g/mol. The van der Waals surface area contributed by atoms with Crippen LogP contribution in [0.15, 0.2) is 42.2 Å². The minimum Gasteiger partial charge on any atom is -0.378 e. The Morgan fingerprint density at radius 1 is 1.11 bits per heavy atom. The molecule has 44 heavy (non-hydrogen) atoms. The average molecular weight is 605 g/mol. The van der Waals surface area contributed by atoms with Gasteiger partial charge in [0.2, 0.25) is 0 Å². The number of para-hydroxylation sites is 1. The molecule has 10 unspecified atom stereocenters. The summed E-state index contributed by atoms with van der Waals surface area (Å²) in [6, 6.07) is 7.59. The van der Waals surface area contributed by atoms with Gasteiger partial charge in [0.1, 0.15) is 6.17 Å². The topological polar surface area (TPSA) is 86.9 Å². The van der Waals surface area contributed by atoms with Gasteiger partial charge in [0, 0.05) is 48.3 Å². The van der Waals surface area contributed by atoms with Crippen molar-refractivity contribution in [3.05, 3.63) is 47.8 Å². The summed E-state index contributed by atoms with van der Waals surface area (Å²) in [5, 5.41) is 4.84. The van der Waals surface area contributed by atoms with Gasteiger partial charge in [0.15, 0.2) is 5.78 Å². The van der Waals surface area contributed by atoms with Gasteiger partial charge < -0.3 is 29.6 Å². The van der Waals surface area contributed by atoms with E-state index >= 15 is 4.39 Å². The van der Waals surface area contributed by atoms with E-state index in [1.807, 2.05) is 18.3 Å².